The summed E-state index contributed by atoms with van der Waals surface area (Å²) in [6.45, 7) is 1.32. The highest BCUT2D eigenvalue weighted by atomic mass is 35.5. The molecule has 1 fully saturated rings. The van der Waals surface area contributed by atoms with Gasteiger partial charge in [-0.15, -0.1) is 0 Å². The molecule has 1 N–H and O–H groups in total. The zero-order chi connectivity index (χ0) is 14.8. The minimum Gasteiger partial charge on any atom is -0.310 e. The van der Waals surface area contributed by atoms with Crippen LogP contribution in [0.1, 0.15) is 24.0 Å². The second-order valence-corrected chi connectivity index (χ2v) is 5.64. The third kappa shape index (κ3) is 3.59. The maximum Gasteiger partial charge on any atom is 0.270 e. The van der Waals surface area contributed by atoms with Crippen molar-refractivity contribution in [1.82, 2.24) is 15.1 Å². The van der Waals surface area contributed by atoms with Crippen molar-refractivity contribution >= 4 is 17.3 Å². The molecule has 1 heterocycles. The lowest BCUT2D eigenvalue weighted by atomic mass is 10.2. The SMILES string of the molecule is O=[N+]([O-])c1ccc(Cn2cc(CNC3CC3)cn2)c(Cl)c1. The summed E-state index contributed by atoms with van der Waals surface area (Å²) in [4.78, 5) is 10.2. The molecule has 21 heavy (non-hydrogen) atoms. The Kier molecular flexibility index (Phi) is 3.90. The number of hydrogen-bond donors (Lipinski definition) is 1. The number of rotatable bonds is 6. The number of nitrogens with one attached hydrogen (secondary N) is 1. The first-order valence-electron chi connectivity index (χ1n) is 6.79. The molecule has 1 aromatic heterocycles. The molecule has 6 nitrogen and oxygen atoms in total. The number of nitro benzene ring substituents is 1. The average molecular weight is 307 g/mol. The number of nitro groups is 1. The zero-order valence-electron chi connectivity index (χ0n) is 11.3. The standard InChI is InChI=1S/C14H15ClN4O2/c15-14-5-13(19(20)21)4-1-11(14)9-18-8-10(7-17-18)6-16-12-2-3-12/h1,4-5,7-8,12,16H,2-3,6,9H2. The van der Waals surface area contributed by atoms with Crippen LogP contribution in [0.4, 0.5) is 5.69 Å². The second kappa shape index (κ2) is 5.83. The summed E-state index contributed by atoms with van der Waals surface area (Å²) in [7, 11) is 0. The molecule has 7 heteroatoms. The lowest BCUT2D eigenvalue weighted by molar-refractivity contribution is -0.384. The Balaban J connectivity index is 1.66. The first-order chi connectivity index (χ1) is 10.1. The molecule has 1 aliphatic carbocycles. The van der Waals surface area contributed by atoms with Crippen molar-refractivity contribution in [3.63, 3.8) is 0 Å². The van der Waals surface area contributed by atoms with Crippen LogP contribution in [0.15, 0.2) is 30.6 Å². The van der Waals surface area contributed by atoms with Crippen molar-refractivity contribution in [1.29, 1.82) is 0 Å². The first-order valence-corrected chi connectivity index (χ1v) is 7.17. The van der Waals surface area contributed by atoms with Crippen LogP contribution >= 0.6 is 11.6 Å². The molecule has 3 rings (SSSR count). The van der Waals surface area contributed by atoms with E-state index < -0.39 is 4.92 Å². The number of non-ortho nitro benzene ring substituents is 1. The monoisotopic (exact) mass is 306 g/mol. The summed E-state index contributed by atoms with van der Waals surface area (Å²) in [6, 6.07) is 5.16. The van der Waals surface area contributed by atoms with Crippen molar-refractivity contribution in [3.8, 4) is 0 Å². The predicted molar refractivity (Wildman–Crippen MR) is 79.3 cm³/mol. The molecule has 0 saturated heterocycles. The average Bonchev–Trinajstić information content (AvgIpc) is 3.18. The van der Waals surface area contributed by atoms with Gasteiger partial charge in [-0.05, 0) is 24.5 Å². The minimum absolute atomic E-state index is 0.00135. The zero-order valence-corrected chi connectivity index (χ0v) is 12.1. The van der Waals surface area contributed by atoms with Gasteiger partial charge in [-0.1, -0.05) is 11.6 Å². The van der Waals surface area contributed by atoms with Crippen LogP contribution in [0.3, 0.4) is 0 Å². The van der Waals surface area contributed by atoms with E-state index in [9.17, 15) is 10.1 Å². The van der Waals surface area contributed by atoms with Gasteiger partial charge in [0.25, 0.3) is 5.69 Å². The van der Waals surface area contributed by atoms with Crippen LogP contribution in [0.5, 0.6) is 0 Å². The Morgan fingerprint density at radius 2 is 2.29 bits per heavy atom. The number of hydrogen-bond acceptors (Lipinski definition) is 4. The predicted octanol–water partition coefficient (Wildman–Crippen LogP) is 2.75. The van der Waals surface area contributed by atoms with Gasteiger partial charge >= 0.3 is 0 Å². The summed E-state index contributed by atoms with van der Waals surface area (Å²) < 4.78 is 1.79. The van der Waals surface area contributed by atoms with Gasteiger partial charge in [0, 0.05) is 36.5 Å². The quantitative estimate of drug-likeness (QED) is 0.658. The lowest BCUT2D eigenvalue weighted by Crippen LogP contribution is -2.14. The molecule has 110 valence electrons. The van der Waals surface area contributed by atoms with E-state index in [1.165, 1.54) is 25.0 Å². The molecule has 1 saturated carbocycles. The van der Waals surface area contributed by atoms with E-state index in [0.717, 1.165) is 17.7 Å². The summed E-state index contributed by atoms with van der Waals surface area (Å²) in [6.07, 6.45) is 6.31. The fourth-order valence-corrected chi connectivity index (χ4v) is 2.32. The molecule has 0 spiro atoms. The molecule has 0 aliphatic heterocycles. The molecule has 0 amide bonds. The van der Waals surface area contributed by atoms with E-state index in [1.807, 2.05) is 12.4 Å². The molecular formula is C14H15ClN4O2. The van der Waals surface area contributed by atoms with Crippen LogP contribution < -0.4 is 5.32 Å². The molecular weight excluding hydrogens is 292 g/mol. The molecule has 1 aromatic carbocycles. The van der Waals surface area contributed by atoms with Crippen LogP contribution in [-0.2, 0) is 13.1 Å². The maximum absolute atomic E-state index is 10.7. The van der Waals surface area contributed by atoms with E-state index in [4.69, 9.17) is 11.6 Å². The third-order valence-electron chi connectivity index (χ3n) is 3.44. The molecule has 0 unspecified atom stereocenters. The Morgan fingerprint density at radius 3 is 2.95 bits per heavy atom. The largest absolute Gasteiger partial charge is 0.310 e. The van der Waals surface area contributed by atoms with E-state index in [2.05, 4.69) is 10.4 Å². The van der Waals surface area contributed by atoms with Crippen molar-refractivity contribution < 1.29 is 4.92 Å². The Hall–Kier alpha value is -1.92. The highest BCUT2D eigenvalue weighted by Crippen LogP contribution is 2.23. The summed E-state index contributed by atoms with van der Waals surface area (Å²) in [5, 5.41) is 18.8. The smallest absolute Gasteiger partial charge is 0.270 e. The van der Waals surface area contributed by atoms with E-state index in [1.54, 1.807) is 10.7 Å². The lowest BCUT2D eigenvalue weighted by Gasteiger charge is -2.04. The van der Waals surface area contributed by atoms with E-state index in [-0.39, 0.29) is 5.69 Å². The highest BCUT2D eigenvalue weighted by molar-refractivity contribution is 6.31. The van der Waals surface area contributed by atoms with Crippen molar-refractivity contribution in [3.05, 3.63) is 56.9 Å². The summed E-state index contributed by atoms with van der Waals surface area (Å²) in [5.74, 6) is 0. The van der Waals surface area contributed by atoms with Gasteiger partial charge in [-0.25, -0.2) is 0 Å². The van der Waals surface area contributed by atoms with Gasteiger partial charge in [-0.3, -0.25) is 14.8 Å². The van der Waals surface area contributed by atoms with Crippen LogP contribution in [0, 0.1) is 10.1 Å². The van der Waals surface area contributed by atoms with Gasteiger partial charge in [0.1, 0.15) is 0 Å². The molecule has 0 atom stereocenters. The van der Waals surface area contributed by atoms with E-state index in [0.29, 0.717) is 17.6 Å². The summed E-state index contributed by atoms with van der Waals surface area (Å²) >= 11 is 6.08. The Bertz CT molecular complexity index is 667. The molecule has 0 bridgehead atoms. The van der Waals surface area contributed by atoms with Crippen molar-refractivity contribution in [2.45, 2.75) is 32.0 Å². The highest BCUT2D eigenvalue weighted by Gasteiger charge is 2.20. The number of benzene rings is 1. The fourth-order valence-electron chi connectivity index (χ4n) is 2.09. The van der Waals surface area contributed by atoms with E-state index >= 15 is 0 Å². The molecule has 1 aliphatic rings. The van der Waals surface area contributed by atoms with Gasteiger partial charge in [0.05, 0.1) is 22.7 Å². The number of aromatic nitrogens is 2. The second-order valence-electron chi connectivity index (χ2n) is 5.23. The van der Waals surface area contributed by atoms with Crippen LogP contribution in [-0.4, -0.2) is 20.7 Å². The first kappa shape index (κ1) is 14.0. The maximum atomic E-state index is 10.7. The Morgan fingerprint density at radius 1 is 1.48 bits per heavy atom. The number of halogens is 1. The fraction of sp³-hybridized carbons (Fsp3) is 0.357. The van der Waals surface area contributed by atoms with Crippen LogP contribution in [0.25, 0.3) is 0 Å². The normalized spacial score (nSPS) is 14.3. The third-order valence-corrected chi connectivity index (χ3v) is 3.79. The van der Waals surface area contributed by atoms with Gasteiger partial charge < -0.3 is 5.32 Å². The Labute approximate surface area is 126 Å². The van der Waals surface area contributed by atoms with Gasteiger partial charge in [0.15, 0.2) is 0 Å². The molecule has 0 radical (unpaired) electrons. The summed E-state index contributed by atoms with van der Waals surface area (Å²) in [5.41, 5.74) is 1.94. The van der Waals surface area contributed by atoms with Crippen molar-refractivity contribution in [2.24, 2.45) is 0 Å². The topological polar surface area (TPSA) is 73.0 Å². The van der Waals surface area contributed by atoms with Crippen molar-refractivity contribution in [2.75, 3.05) is 0 Å². The molecule has 2 aromatic rings. The number of nitrogens with zero attached hydrogens (tertiary/aromatic N) is 3. The van der Waals surface area contributed by atoms with Gasteiger partial charge in [-0.2, -0.15) is 5.10 Å². The van der Waals surface area contributed by atoms with Crippen LogP contribution in [0.2, 0.25) is 5.02 Å². The minimum atomic E-state index is -0.453. The van der Waals surface area contributed by atoms with Gasteiger partial charge in [0.2, 0.25) is 0 Å².